The number of aryl methyl sites for hydroxylation is 2. The van der Waals surface area contributed by atoms with E-state index in [0.717, 1.165) is 16.8 Å². The van der Waals surface area contributed by atoms with Crippen molar-refractivity contribution in [3.8, 4) is 0 Å². The molecular formula is C31H36N2O6. The molecule has 2 bridgehead atoms. The maximum Gasteiger partial charge on any atom is 0.310 e. The monoisotopic (exact) mass is 532 g/mol. The smallest absolute Gasteiger partial charge is 0.310 e. The number of aliphatic hydroxyl groups is 1. The number of anilines is 1. The van der Waals surface area contributed by atoms with E-state index in [1.165, 1.54) is 4.90 Å². The van der Waals surface area contributed by atoms with Gasteiger partial charge in [0, 0.05) is 12.2 Å². The molecule has 3 fully saturated rings. The first-order valence-corrected chi connectivity index (χ1v) is 13.6. The second kappa shape index (κ2) is 9.92. The maximum absolute atomic E-state index is 14.8. The molecule has 2 N–H and O–H groups in total. The van der Waals surface area contributed by atoms with Crippen molar-refractivity contribution >= 4 is 23.5 Å². The molecule has 3 saturated heterocycles. The fourth-order valence-corrected chi connectivity index (χ4v) is 7.48. The first-order chi connectivity index (χ1) is 18.7. The highest BCUT2D eigenvalue weighted by Crippen LogP contribution is 2.65. The first-order valence-electron chi connectivity index (χ1n) is 13.6. The molecule has 2 unspecified atom stereocenters. The minimum Gasteiger partial charge on any atom is -0.481 e. The van der Waals surface area contributed by atoms with E-state index in [1.54, 1.807) is 23.1 Å². The molecule has 2 aromatic carbocycles. The molecule has 8 heteroatoms. The number of aliphatic hydroxyl groups excluding tert-OH is 1. The van der Waals surface area contributed by atoms with Crippen LogP contribution in [0, 0.1) is 25.7 Å². The summed E-state index contributed by atoms with van der Waals surface area (Å²) in [5.74, 6) is -4.02. The number of para-hydroxylation sites is 1. The van der Waals surface area contributed by atoms with Crippen molar-refractivity contribution in [2.45, 2.75) is 63.3 Å². The number of aliphatic carboxylic acids is 1. The number of nitrogens with zero attached hydrogens (tertiary/aromatic N) is 2. The average molecular weight is 533 g/mol. The maximum atomic E-state index is 14.8. The van der Waals surface area contributed by atoms with Gasteiger partial charge in [-0.05, 0) is 49.8 Å². The van der Waals surface area contributed by atoms with Crippen LogP contribution in [0.25, 0.3) is 0 Å². The standard InChI is InChI=1S/C31H36N2O6/c1-5-17-32(25-19(3)11-10-12-20(25)4)28(36)26-31-16-15-30(6-2,39-31)24(29(37)38)23(31)27(35)33(26)22(18-34)21-13-8-7-9-14-21/h5,7-14,22-24,26,34H,1,6,15-18H2,2-4H3,(H,37,38)/t22-,23+,24-,26?,30+,31?/m1/s1. The summed E-state index contributed by atoms with van der Waals surface area (Å²) < 4.78 is 6.69. The average Bonchev–Trinajstić information content (AvgIpc) is 3.53. The summed E-state index contributed by atoms with van der Waals surface area (Å²) in [7, 11) is 0. The molecule has 5 rings (SSSR count). The molecule has 0 saturated carbocycles. The second-order valence-corrected chi connectivity index (χ2v) is 11.0. The predicted molar refractivity (Wildman–Crippen MR) is 146 cm³/mol. The van der Waals surface area contributed by atoms with Crippen molar-refractivity contribution in [3.63, 3.8) is 0 Å². The Morgan fingerprint density at radius 1 is 1.15 bits per heavy atom. The number of amides is 2. The van der Waals surface area contributed by atoms with Crippen LogP contribution in [0.1, 0.15) is 48.9 Å². The minimum atomic E-state index is -1.31. The number of likely N-dealkylation sites (tertiary alicyclic amines) is 1. The largest absolute Gasteiger partial charge is 0.481 e. The number of benzene rings is 2. The Kier molecular flexibility index (Phi) is 6.89. The molecule has 6 atom stereocenters. The lowest BCUT2D eigenvalue weighted by Gasteiger charge is -2.40. The van der Waals surface area contributed by atoms with Crippen molar-refractivity contribution in [2.24, 2.45) is 11.8 Å². The molecule has 0 radical (unpaired) electrons. The van der Waals surface area contributed by atoms with Gasteiger partial charge < -0.3 is 24.7 Å². The van der Waals surface area contributed by atoms with E-state index < -0.39 is 53.6 Å². The molecule has 0 aromatic heterocycles. The number of carbonyl (C=O) groups excluding carboxylic acids is 2. The topological polar surface area (TPSA) is 107 Å². The summed E-state index contributed by atoms with van der Waals surface area (Å²) in [6.07, 6.45) is 2.89. The predicted octanol–water partition coefficient (Wildman–Crippen LogP) is 3.80. The van der Waals surface area contributed by atoms with Gasteiger partial charge in [-0.25, -0.2) is 0 Å². The summed E-state index contributed by atoms with van der Waals surface area (Å²) >= 11 is 0. The Morgan fingerprint density at radius 2 is 1.82 bits per heavy atom. The Morgan fingerprint density at radius 3 is 2.38 bits per heavy atom. The van der Waals surface area contributed by atoms with Crippen LogP contribution in [-0.4, -0.2) is 63.3 Å². The summed E-state index contributed by atoms with van der Waals surface area (Å²) in [6.45, 7) is 9.37. The normalized spacial score (nSPS) is 29.8. The van der Waals surface area contributed by atoms with E-state index in [0.29, 0.717) is 24.8 Å². The van der Waals surface area contributed by atoms with E-state index in [1.807, 2.05) is 57.2 Å². The zero-order valence-corrected chi connectivity index (χ0v) is 22.7. The number of hydrogen-bond donors (Lipinski definition) is 2. The van der Waals surface area contributed by atoms with E-state index in [2.05, 4.69) is 6.58 Å². The van der Waals surface area contributed by atoms with E-state index in [-0.39, 0.29) is 12.5 Å². The molecule has 0 aliphatic carbocycles. The third-order valence-corrected chi connectivity index (χ3v) is 9.10. The quantitative estimate of drug-likeness (QED) is 0.476. The van der Waals surface area contributed by atoms with Crippen LogP contribution in [0.5, 0.6) is 0 Å². The molecule has 8 nitrogen and oxygen atoms in total. The molecule has 3 aliphatic rings. The fourth-order valence-electron chi connectivity index (χ4n) is 7.48. The lowest BCUT2D eigenvalue weighted by Crippen LogP contribution is -2.57. The number of carboxylic acids is 1. The minimum absolute atomic E-state index is 0.195. The number of carbonyl (C=O) groups is 3. The van der Waals surface area contributed by atoms with Gasteiger partial charge in [-0.2, -0.15) is 0 Å². The first kappa shape index (κ1) is 27.1. The van der Waals surface area contributed by atoms with E-state index in [4.69, 9.17) is 4.74 Å². The molecule has 1 spiro atoms. The van der Waals surface area contributed by atoms with Gasteiger partial charge in [0.15, 0.2) is 0 Å². The van der Waals surface area contributed by atoms with Crippen LogP contribution in [0.4, 0.5) is 5.69 Å². The van der Waals surface area contributed by atoms with Gasteiger partial charge in [0.25, 0.3) is 5.91 Å². The van der Waals surface area contributed by atoms with Gasteiger partial charge in [-0.3, -0.25) is 14.4 Å². The number of ether oxygens (including phenoxy) is 1. The van der Waals surface area contributed by atoms with Crippen molar-refractivity contribution in [3.05, 3.63) is 77.9 Å². The van der Waals surface area contributed by atoms with Crippen molar-refractivity contribution in [1.29, 1.82) is 0 Å². The molecular weight excluding hydrogens is 496 g/mol. The highest BCUT2D eigenvalue weighted by molar-refractivity contribution is 6.05. The lowest BCUT2D eigenvalue weighted by molar-refractivity contribution is -0.157. The molecule has 2 amide bonds. The van der Waals surface area contributed by atoms with Gasteiger partial charge >= 0.3 is 5.97 Å². The van der Waals surface area contributed by atoms with Gasteiger partial charge in [-0.15, -0.1) is 6.58 Å². The van der Waals surface area contributed by atoms with Crippen LogP contribution in [0.3, 0.4) is 0 Å². The zero-order chi connectivity index (χ0) is 28.1. The lowest BCUT2D eigenvalue weighted by atomic mass is 9.65. The van der Waals surface area contributed by atoms with E-state index >= 15 is 0 Å². The van der Waals surface area contributed by atoms with E-state index in [9.17, 15) is 24.6 Å². The number of hydrogen-bond acceptors (Lipinski definition) is 5. The van der Waals surface area contributed by atoms with Crippen LogP contribution in [0.2, 0.25) is 0 Å². The van der Waals surface area contributed by atoms with Crippen molar-refractivity contribution in [2.75, 3.05) is 18.1 Å². The molecule has 3 heterocycles. The van der Waals surface area contributed by atoms with Crippen molar-refractivity contribution in [1.82, 2.24) is 4.90 Å². The Hall–Kier alpha value is -3.49. The highest BCUT2D eigenvalue weighted by Gasteiger charge is 2.79. The number of rotatable bonds is 9. The SMILES string of the molecule is C=CCN(C(=O)C1N([C@H](CO)c2ccccc2)C(=O)[C@@H]2[C@H](C(=O)O)[C@]3(CC)CCC12O3)c1c(C)cccc1C. The fraction of sp³-hybridized carbons (Fsp3) is 0.452. The third kappa shape index (κ3) is 3.84. The van der Waals surface area contributed by atoms with Gasteiger partial charge in [0.1, 0.15) is 17.6 Å². The summed E-state index contributed by atoms with van der Waals surface area (Å²) in [6, 6.07) is 12.9. The second-order valence-electron chi connectivity index (χ2n) is 11.0. The van der Waals surface area contributed by atoms with Crippen LogP contribution in [-0.2, 0) is 19.1 Å². The van der Waals surface area contributed by atoms with Crippen LogP contribution in [0.15, 0.2) is 61.2 Å². The highest BCUT2D eigenvalue weighted by atomic mass is 16.5. The molecule has 3 aliphatic heterocycles. The van der Waals surface area contributed by atoms with Crippen molar-refractivity contribution < 1.29 is 29.3 Å². The van der Waals surface area contributed by atoms with Gasteiger partial charge in [0.05, 0.1) is 24.2 Å². The van der Waals surface area contributed by atoms with Crippen LogP contribution >= 0.6 is 0 Å². The summed E-state index contributed by atoms with van der Waals surface area (Å²) in [4.78, 5) is 44.9. The summed E-state index contributed by atoms with van der Waals surface area (Å²) in [5, 5.41) is 21.0. The van der Waals surface area contributed by atoms with Gasteiger partial charge in [-0.1, -0.05) is 61.5 Å². The summed E-state index contributed by atoms with van der Waals surface area (Å²) in [5.41, 5.74) is 0.841. The van der Waals surface area contributed by atoms with Crippen LogP contribution < -0.4 is 4.90 Å². The molecule has 39 heavy (non-hydrogen) atoms. The molecule has 2 aromatic rings. The zero-order valence-electron chi connectivity index (χ0n) is 22.7. The van der Waals surface area contributed by atoms with Gasteiger partial charge in [0.2, 0.25) is 5.91 Å². The Bertz CT molecular complexity index is 1290. The number of fused-ring (bicyclic) bond motifs is 1. The molecule has 206 valence electrons. The third-order valence-electron chi connectivity index (χ3n) is 9.10. The Labute approximate surface area is 228 Å². The Balaban J connectivity index is 1.71. The number of carboxylic acid groups (broad SMARTS) is 1.